The molecule has 7 amide bonds. The fourth-order valence-electron chi connectivity index (χ4n) is 12.7. The zero-order valence-corrected chi connectivity index (χ0v) is 54.9. The molecule has 4 aromatic rings. The molecule has 2 fully saturated rings. The first kappa shape index (κ1) is 73.6. The van der Waals surface area contributed by atoms with Crippen molar-refractivity contribution >= 4 is 58.9 Å². The first-order chi connectivity index (χ1) is 47.2. The summed E-state index contributed by atoms with van der Waals surface area (Å²) in [6, 6.07) is -1.65. The number of aliphatic hydroxyl groups is 7. The van der Waals surface area contributed by atoms with Gasteiger partial charge in [-0.15, -0.1) is 0 Å². The Bertz CT molecular complexity index is 3900. The largest absolute Gasteiger partial charge is 0.508 e. The number of carboxylic acids is 1. The lowest BCUT2D eigenvalue weighted by molar-refractivity contribution is -0.333. The number of hydrogen-bond donors (Lipinski definition) is 19. The topological polar surface area (TPSA) is 530 Å². The molecule has 0 aromatic heterocycles. The van der Waals surface area contributed by atoms with Gasteiger partial charge in [0.2, 0.25) is 53.4 Å². The van der Waals surface area contributed by atoms with Crippen LogP contribution in [0.5, 0.6) is 40.2 Å². The summed E-state index contributed by atoms with van der Waals surface area (Å²) in [5.74, 6) is -16.0. The second-order valence-corrected chi connectivity index (χ2v) is 26.3. The van der Waals surface area contributed by atoms with Gasteiger partial charge in [-0.05, 0) is 104 Å². The van der Waals surface area contributed by atoms with E-state index in [9.17, 15) is 75.0 Å². The lowest BCUT2D eigenvalue weighted by Gasteiger charge is -2.47. The molecule has 2 saturated heterocycles. The van der Waals surface area contributed by atoms with E-state index >= 15 is 14.4 Å². The van der Waals surface area contributed by atoms with Gasteiger partial charge in [-0.25, -0.2) is 4.79 Å². The maximum atomic E-state index is 16.0. The lowest BCUT2D eigenvalue weighted by atomic mass is 9.80. The number of aliphatic carboxylic acids is 1. The molecule has 7 heterocycles. The van der Waals surface area contributed by atoms with Gasteiger partial charge in [-0.1, -0.05) is 61.9 Å². The van der Waals surface area contributed by atoms with Gasteiger partial charge in [0.15, 0.2) is 29.9 Å². The van der Waals surface area contributed by atoms with E-state index in [4.69, 9.17) is 51.5 Å². The average molecular weight is 1420 g/mol. The molecule has 0 spiro atoms. The lowest BCUT2D eigenvalue weighted by Crippen LogP contribution is -2.64. The predicted molar refractivity (Wildman–Crippen MR) is 344 cm³/mol. The van der Waals surface area contributed by atoms with Crippen molar-refractivity contribution in [2.24, 2.45) is 17.4 Å². The molecule has 100 heavy (non-hydrogen) atoms. The van der Waals surface area contributed by atoms with E-state index in [1.807, 2.05) is 13.8 Å². The molecular formula is C66H78ClN9O24. The second kappa shape index (κ2) is 30.0. The molecular weight excluding hydrogens is 1340 g/mol. The van der Waals surface area contributed by atoms with Crippen molar-refractivity contribution in [1.29, 1.82) is 0 Å². The van der Waals surface area contributed by atoms with Gasteiger partial charge in [-0.2, -0.15) is 0 Å². The monoisotopic (exact) mass is 1420 g/mol. The Morgan fingerprint density at radius 2 is 1.45 bits per heavy atom. The number of likely N-dealkylation sites (N-methyl/N-ethyl adjacent to an activating group) is 1. The molecule has 12 rings (SSSR count). The van der Waals surface area contributed by atoms with Crippen LogP contribution < -0.4 is 62.9 Å². The number of fused-ring (bicyclic) bond motifs is 14. The third-order valence-corrected chi connectivity index (χ3v) is 18.3. The van der Waals surface area contributed by atoms with Crippen molar-refractivity contribution in [1.82, 2.24) is 37.2 Å². The summed E-state index contributed by atoms with van der Waals surface area (Å²) in [4.78, 5) is 117. The predicted octanol–water partition coefficient (Wildman–Crippen LogP) is -1.65. The number of phenols is 2. The maximum Gasteiger partial charge on any atom is 0.330 e. The average Bonchev–Trinajstić information content (AvgIpc) is 0.772. The highest BCUT2D eigenvalue weighted by Crippen LogP contribution is 2.49. The number of benzene rings is 4. The summed E-state index contributed by atoms with van der Waals surface area (Å²) in [5, 5.41) is 131. The third-order valence-electron chi connectivity index (χ3n) is 18.0. The number of primary amides is 1. The Kier molecular flexibility index (Phi) is 22.1. The number of halogens is 1. The fourth-order valence-corrected chi connectivity index (χ4v) is 13.0. The summed E-state index contributed by atoms with van der Waals surface area (Å²) in [5.41, 5.74) is 8.97. The Hall–Kier alpha value is -9.07. The molecule has 33 nitrogen and oxygen atoms in total. The summed E-state index contributed by atoms with van der Waals surface area (Å²) in [7, 11) is 1.48. The van der Waals surface area contributed by atoms with Crippen LogP contribution in [0.3, 0.4) is 0 Å². The number of rotatable bonds is 13. The minimum absolute atomic E-state index is 0.0889. The van der Waals surface area contributed by atoms with Crippen molar-refractivity contribution in [2.75, 3.05) is 13.7 Å². The summed E-state index contributed by atoms with van der Waals surface area (Å²) in [6.45, 7) is 5.71. The fraction of sp³-hybridized carbons (Fsp3) is 0.455. The van der Waals surface area contributed by atoms with E-state index in [1.54, 1.807) is 0 Å². The summed E-state index contributed by atoms with van der Waals surface area (Å²) < 4.78 is 38.3. The highest BCUT2D eigenvalue weighted by Gasteiger charge is 2.52. The minimum Gasteiger partial charge on any atom is -0.508 e. The number of ether oxygens (including phenoxy) is 6. The number of phenolic OH excluding ortho intramolecular Hbond substituents is 2. The zero-order chi connectivity index (χ0) is 72.7. The molecule has 21 N–H and O–H groups in total. The van der Waals surface area contributed by atoms with E-state index in [2.05, 4.69) is 37.2 Å². The van der Waals surface area contributed by atoms with E-state index in [1.165, 1.54) is 57.3 Å². The molecule has 20 atom stereocenters. The number of aliphatic hydroxyl groups excluding tert-OH is 7. The smallest absolute Gasteiger partial charge is 0.330 e. The Morgan fingerprint density at radius 3 is 2.09 bits per heavy atom. The molecule has 538 valence electrons. The van der Waals surface area contributed by atoms with Gasteiger partial charge in [0.25, 0.3) is 0 Å². The highest BCUT2D eigenvalue weighted by molar-refractivity contribution is 6.32. The van der Waals surface area contributed by atoms with Gasteiger partial charge < -0.3 is 128 Å². The van der Waals surface area contributed by atoms with Gasteiger partial charge in [0, 0.05) is 29.5 Å². The van der Waals surface area contributed by atoms with Crippen molar-refractivity contribution in [3.8, 4) is 40.2 Å². The number of carbonyl (C=O) groups excluding carboxylic acids is 7. The number of amides is 7. The number of carbonyl (C=O) groups is 8. The van der Waals surface area contributed by atoms with Crippen molar-refractivity contribution in [3.63, 3.8) is 0 Å². The number of aromatic hydroxyl groups is 2. The van der Waals surface area contributed by atoms with Crippen LogP contribution in [0.2, 0.25) is 5.02 Å². The number of carboxylic acid groups (broad SMARTS) is 1. The maximum absolute atomic E-state index is 16.0. The molecule has 4 aromatic carbocycles. The number of nitrogens with one attached hydrogen (secondary N) is 7. The molecule has 8 aliphatic rings. The van der Waals surface area contributed by atoms with E-state index in [-0.39, 0.29) is 52.0 Å². The molecule has 34 heteroatoms. The second-order valence-electron chi connectivity index (χ2n) is 25.9. The normalized spacial score (nSPS) is 31.8. The van der Waals surface area contributed by atoms with Gasteiger partial charge in [0.05, 0.1) is 42.4 Å². The molecule has 7 aliphatic heterocycles. The SMILES string of the molecule is CN[C@H](CC(C)C)C(=O)N[C@H]1C(=O)N[C@@H](CC(N)=O)C(=O)NC2C(=O)N[C@H]3C(=O)N[C@H](C(=O)N[C@H](C(=O)O)c4cc(O)cc(O)c4C4C=C3C=CC4O)[C@H](O)c3ccc(cc3)Oc3cc2cc(c3OC2OC(CO)C(O)C(O)C2OC2CC(C)(N)C(O)C(C)O2)Oc2ccc(cc2Cl)[C@H]1O. The highest BCUT2D eigenvalue weighted by atomic mass is 35.5. The van der Waals surface area contributed by atoms with Crippen molar-refractivity contribution in [2.45, 2.75) is 168 Å². The first-order valence-corrected chi connectivity index (χ1v) is 32.1. The molecule has 12 unspecified atom stereocenters. The van der Waals surface area contributed by atoms with Crippen LogP contribution in [-0.4, -0.2) is 203 Å². The van der Waals surface area contributed by atoms with Crippen LogP contribution >= 0.6 is 11.6 Å². The van der Waals surface area contributed by atoms with E-state index < -0.39 is 227 Å². The van der Waals surface area contributed by atoms with Gasteiger partial charge in [0.1, 0.15) is 83.7 Å². The Balaban J connectivity index is 1.22. The molecule has 0 radical (unpaired) electrons. The standard InChI is InChI=1S/C66H78ClN9O24/c1-24(2)14-35(70-5)58(87)75-50-52(83)28-9-13-39(34(67)16-28)97-41-18-29-17-40(55(41)100-65-56(54(85)53(84)42(23-77)98-65)99-44-22-66(4,69)57(86)25(3)95-44)96-31-10-6-26(7-11-31)51(82)49-63(92)74-48(64(93)94)33-19-30(78)20-38(80)45(33)32-15-27(8-12-37(32)79)46(60(89)76-49)73-61(90)47(29)72-59(88)36(21-43(68)81)71-62(50)91/h6-13,15-20,24-25,32,35-37,42,44,46-54,56-57,65,70,77-80,82-86H,14,21-23,69H2,1-5H3,(H2,68,81)(H,71,91)(H,72,88)(H,73,90)(H,74,92)(H,75,87)(H,76,89)(H,93,94)/t25?,32?,35-,36+,37?,42?,44?,46-,47?,48+,49+,50-,51-,52-,53?,54?,56?,57?,65?,66?/m1/s1. The van der Waals surface area contributed by atoms with Crippen molar-refractivity contribution in [3.05, 3.63) is 123 Å². The molecule has 1 aliphatic carbocycles. The van der Waals surface area contributed by atoms with Crippen LogP contribution in [0.1, 0.15) is 105 Å². The summed E-state index contributed by atoms with van der Waals surface area (Å²) in [6.07, 6.45) is -16.5. The number of hydrogen-bond acceptors (Lipinski definition) is 25. The molecule has 11 bridgehead atoms. The van der Waals surface area contributed by atoms with Crippen LogP contribution in [0, 0.1) is 5.92 Å². The van der Waals surface area contributed by atoms with Crippen LogP contribution in [0.4, 0.5) is 0 Å². The van der Waals surface area contributed by atoms with E-state index in [0.29, 0.717) is 0 Å². The van der Waals surface area contributed by atoms with Crippen LogP contribution in [0.25, 0.3) is 0 Å². The summed E-state index contributed by atoms with van der Waals surface area (Å²) >= 11 is 7.06. The minimum atomic E-state index is -2.30. The van der Waals surface area contributed by atoms with Crippen LogP contribution in [0.15, 0.2) is 90.5 Å². The first-order valence-electron chi connectivity index (χ1n) is 31.8. The third kappa shape index (κ3) is 15.6. The van der Waals surface area contributed by atoms with Gasteiger partial charge in [-0.3, -0.25) is 33.6 Å². The van der Waals surface area contributed by atoms with Gasteiger partial charge >= 0.3 is 5.97 Å². The van der Waals surface area contributed by atoms with E-state index in [0.717, 1.165) is 48.6 Å². The quantitative estimate of drug-likeness (QED) is 0.0713. The molecule has 0 saturated carbocycles. The van der Waals surface area contributed by atoms with Crippen LogP contribution in [-0.2, 0) is 52.6 Å². The Morgan fingerprint density at radius 1 is 0.780 bits per heavy atom. The Labute approximate surface area is 574 Å². The zero-order valence-electron chi connectivity index (χ0n) is 54.2. The number of nitrogens with two attached hydrogens (primary N) is 2. The van der Waals surface area contributed by atoms with Crippen molar-refractivity contribution < 1.29 is 118 Å².